The molecule has 1 aliphatic rings. The molecule has 0 aromatic heterocycles. The fraction of sp³-hybridized carbons (Fsp3) is 0.375. The van der Waals surface area contributed by atoms with Crippen molar-refractivity contribution in [3.05, 3.63) is 47.8 Å². The van der Waals surface area contributed by atoms with Gasteiger partial charge in [0.25, 0.3) is 0 Å². The van der Waals surface area contributed by atoms with E-state index >= 15 is 0 Å². The van der Waals surface area contributed by atoms with Gasteiger partial charge in [0.1, 0.15) is 5.82 Å². The smallest absolute Gasteiger partial charge is 0.227 e. The molecule has 0 atom stereocenters. The third-order valence-corrected chi connectivity index (χ3v) is 3.74. The van der Waals surface area contributed by atoms with E-state index in [-0.39, 0.29) is 30.2 Å². The number of rotatable bonds is 4. The summed E-state index contributed by atoms with van der Waals surface area (Å²) < 4.78 is 39.6. The Morgan fingerprint density at radius 3 is 2.04 bits per heavy atom. The average molecular weight is 326 g/mol. The van der Waals surface area contributed by atoms with Gasteiger partial charge in [-0.1, -0.05) is 6.08 Å². The minimum Gasteiger partial charge on any atom is -0.339 e. The molecular formula is C16H17F3N2O2. The van der Waals surface area contributed by atoms with Crippen molar-refractivity contribution < 1.29 is 22.8 Å². The zero-order valence-electron chi connectivity index (χ0n) is 12.5. The number of hydrogen-bond donors (Lipinski definition) is 0. The number of hydrogen-bond acceptors (Lipinski definition) is 2. The second kappa shape index (κ2) is 7.30. The van der Waals surface area contributed by atoms with Crippen LogP contribution in [0.5, 0.6) is 0 Å². The number of carbonyl (C=O) groups excluding carboxylic acids is 2. The quantitative estimate of drug-likeness (QED) is 0.626. The molecule has 0 saturated carbocycles. The van der Waals surface area contributed by atoms with Gasteiger partial charge in [0.2, 0.25) is 11.8 Å². The summed E-state index contributed by atoms with van der Waals surface area (Å²) in [5, 5.41) is 0. The number of benzene rings is 1. The Kier molecular flexibility index (Phi) is 5.41. The maximum atomic E-state index is 13.6. The highest BCUT2D eigenvalue weighted by Crippen LogP contribution is 2.16. The van der Waals surface area contributed by atoms with Crippen LogP contribution in [0.2, 0.25) is 0 Å². The van der Waals surface area contributed by atoms with Gasteiger partial charge < -0.3 is 9.80 Å². The van der Waals surface area contributed by atoms with Gasteiger partial charge in [-0.05, 0) is 6.07 Å². The lowest BCUT2D eigenvalue weighted by Crippen LogP contribution is -2.50. The molecule has 4 nitrogen and oxygen atoms in total. The number of nitrogens with zero attached hydrogens (tertiary/aromatic N) is 2. The summed E-state index contributed by atoms with van der Waals surface area (Å²) in [6.07, 6.45) is 1.42. The maximum absolute atomic E-state index is 13.6. The summed E-state index contributed by atoms with van der Waals surface area (Å²) in [6, 6.07) is 1.14. The normalized spacial score (nSPS) is 14.7. The third kappa shape index (κ3) is 4.12. The minimum absolute atomic E-state index is 0.0567. The molecule has 2 rings (SSSR count). The van der Waals surface area contributed by atoms with Crippen molar-refractivity contribution in [2.75, 3.05) is 26.2 Å². The first-order chi connectivity index (χ1) is 10.9. The van der Waals surface area contributed by atoms with E-state index in [1.807, 2.05) is 0 Å². The molecule has 0 unspecified atom stereocenters. The Bertz CT molecular complexity index is 626. The summed E-state index contributed by atoms with van der Waals surface area (Å²) in [6.45, 7) is 4.93. The molecule has 0 radical (unpaired) electrons. The molecule has 0 N–H and O–H groups in total. The van der Waals surface area contributed by atoms with Crippen LogP contribution in [0.1, 0.15) is 12.0 Å². The molecule has 1 aliphatic heterocycles. The van der Waals surface area contributed by atoms with Crippen molar-refractivity contribution in [2.24, 2.45) is 0 Å². The summed E-state index contributed by atoms with van der Waals surface area (Å²) >= 11 is 0. The van der Waals surface area contributed by atoms with Gasteiger partial charge in [-0.2, -0.15) is 0 Å². The summed E-state index contributed by atoms with van der Waals surface area (Å²) in [5.41, 5.74) is -0.181. The molecule has 2 amide bonds. The van der Waals surface area contributed by atoms with Crippen molar-refractivity contribution in [1.82, 2.24) is 9.80 Å². The van der Waals surface area contributed by atoms with E-state index in [9.17, 15) is 22.8 Å². The molecule has 7 heteroatoms. The topological polar surface area (TPSA) is 40.6 Å². The van der Waals surface area contributed by atoms with Crippen LogP contribution in [-0.4, -0.2) is 47.8 Å². The average Bonchev–Trinajstić information content (AvgIpc) is 2.53. The molecule has 1 saturated heterocycles. The number of piperazine rings is 1. The van der Waals surface area contributed by atoms with Gasteiger partial charge in [-0.3, -0.25) is 9.59 Å². The highest BCUT2D eigenvalue weighted by Gasteiger charge is 2.24. The first kappa shape index (κ1) is 17.1. The first-order valence-corrected chi connectivity index (χ1v) is 7.22. The molecule has 23 heavy (non-hydrogen) atoms. The standard InChI is InChI=1S/C16H17F3N2O2/c1-2-3-15(22)20-4-6-21(7-5-20)16(23)9-11-8-13(18)14(19)10-12(11)17/h2,8,10H,1,3-7,9H2. The van der Waals surface area contributed by atoms with E-state index in [2.05, 4.69) is 6.58 Å². The second-order valence-electron chi connectivity index (χ2n) is 5.29. The molecule has 0 bridgehead atoms. The van der Waals surface area contributed by atoms with Gasteiger partial charge in [0.15, 0.2) is 11.6 Å². The Morgan fingerprint density at radius 2 is 1.48 bits per heavy atom. The fourth-order valence-corrected chi connectivity index (χ4v) is 2.43. The van der Waals surface area contributed by atoms with Crippen LogP contribution in [-0.2, 0) is 16.0 Å². The molecule has 124 valence electrons. The van der Waals surface area contributed by atoms with E-state index in [0.717, 1.165) is 0 Å². The zero-order valence-corrected chi connectivity index (χ0v) is 12.5. The van der Waals surface area contributed by atoms with Gasteiger partial charge in [-0.15, -0.1) is 6.58 Å². The highest BCUT2D eigenvalue weighted by molar-refractivity contribution is 5.80. The highest BCUT2D eigenvalue weighted by atomic mass is 19.2. The van der Waals surface area contributed by atoms with Crippen LogP contribution < -0.4 is 0 Å². The minimum atomic E-state index is -1.28. The predicted molar refractivity (Wildman–Crippen MR) is 78.0 cm³/mol. The largest absolute Gasteiger partial charge is 0.339 e. The SMILES string of the molecule is C=CCC(=O)N1CCN(C(=O)Cc2cc(F)c(F)cc2F)CC1. The first-order valence-electron chi connectivity index (χ1n) is 7.22. The maximum Gasteiger partial charge on any atom is 0.227 e. The molecule has 1 fully saturated rings. The van der Waals surface area contributed by atoms with Crippen LogP contribution in [0.3, 0.4) is 0 Å². The molecule has 1 aromatic rings. The van der Waals surface area contributed by atoms with Crippen LogP contribution in [0.4, 0.5) is 13.2 Å². The third-order valence-electron chi connectivity index (χ3n) is 3.74. The van der Waals surface area contributed by atoms with Crippen molar-refractivity contribution in [1.29, 1.82) is 0 Å². The molecule has 1 heterocycles. The van der Waals surface area contributed by atoms with Crippen molar-refractivity contribution in [3.8, 4) is 0 Å². The summed E-state index contributed by atoms with van der Waals surface area (Å²) in [5.74, 6) is -3.86. The van der Waals surface area contributed by atoms with Crippen LogP contribution in [0, 0.1) is 17.5 Å². The van der Waals surface area contributed by atoms with Crippen molar-refractivity contribution in [3.63, 3.8) is 0 Å². The van der Waals surface area contributed by atoms with Gasteiger partial charge >= 0.3 is 0 Å². The Hall–Kier alpha value is -2.31. The second-order valence-corrected chi connectivity index (χ2v) is 5.29. The van der Waals surface area contributed by atoms with Gasteiger partial charge in [0.05, 0.1) is 6.42 Å². The Balaban J connectivity index is 1.94. The zero-order chi connectivity index (χ0) is 17.0. The van der Waals surface area contributed by atoms with Crippen LogP contribution in [0.15, 0.2) is 24.8 Å². The number of carbonyl (C=O) groups is 2. The van der Waals surface area contributed by atoms with E-state index in [1.165, 1.54) is 11.0 Å². The van der Waals surface area contributed by atoms with Gasteiger partial charge in [0, 0.05) is 44.2 Å². The fourth-order valence-electron chi connectivity index (χ4n) is 2.43. The lowest BCUT2D eigenvalue weighted by Gasteiger charge is -2.34. The predicted octanol–water partition coefficient (Wildman–Crippen LogP) is 1.89. The number of amides is 2. The lowest BCUT2D eigenvalue weighted by molar-refractivity contribution is -0.138. The molecule has 1 aromatic carbocycles. The van der Waals surface area contributed by atoms with E-state index in [1.54, 1.807) is 4.90 Å². The van der Waals surface area contributed by atoms with Crippen molar-refractivity contribution >= 4 is 11.8 Å². The van der Waals surface area contributed by atoms with E-state index < -0.39 is 17.5 Å². The number of halogens is 3. The summed E-state index contributed by atoms with van der Waals surface area (Å²) in [7, 11) is 0. The monoisotopic (exact) mass is 326 g/mol. The lowest BCUT2D eigenvalue weighted by atomic mass is 10.1. The van der Waals surface area contributed by atoms with Crippen LogP contribution >= 0.6 is 0 Å². The van der Waals surface area contributed by atoms with Crippen LogP contribution in [0.25, 0.3) is 0 Å². The Morgan fingerprint density at radius 1 is 0.957 bits per heavy atom. The molecular weight excluding hydrogens is 309 g/mol. The van der Waals surface area contributed by atoms with Crippen molar-refractivity contribution in [2.45, 2.75) is 12.8 Å². The van der Waals surface area contributed by atoms with E-state index in [4.69, 9.17) is 0 Å². The molecule has 0 spiro atoms. The molecule has 0 aliphatic carbocycles. The van der Waals surface area contributed by atoms with Gasteiger partial charge in [-0.25, -0.2) is 13.2 Å². The van der Waals surface area contributed by atoms with E-state index in [0.29, 0.717) is 38.3 Å². The summed E-state index contributed by atoms with van der Waals surface area (Å²) in [4.78, 5) is 27.0. The Labute approximate surface area is 132 Å².